The van der Waals surface area contributed by atoms with Gasteiger partial charge in [0.15, 0.2) is 0 Å². The van der Waals surface area contributed by atoms with Crippen LogP contribution in [0.2, 0.25) is 0 Å². The van der Waals surface area contributed by atoms with E-state index >= 15 is 0 Å². The first-order valence-electron chi connectivity index (χ1n) is 6.90. The Labute approximate surface area is 118 Å². The second-order valence-corrected chi connectivity index (χ2v) is 5.06. The SMILES string of the molecule is CCCNC(C(=O)O)c1cc2c(cc1OC)CC(C)O2. The highest BCUT2D eigenvalue weighted by atomic mass is 16.5. The zero-order valence-electron chi connectivity index (χ0n) is 12.1. The van der Waals surface area contributed by atoms with Crippen molar-refractivity contribution in [3.8, 4) is 11.5 Å². The number of ether oxygens (including phenoxy) is 2. The average Bonchev–Trinajstić information content (AvgIpc) is 2.76. The molecule has 0 spiro atoms. The smallest absolute Gasteiger partial charge is 0.325 e. The van der Waals surface area contributed by atoms with Gasteiger partial charge in [0.05, 0.1) is 7.11 Å². The van der Waals surface area contributed by atoms with Crippen LogP contribution in [0.25, 0.3) is 0 Å². The minimum Gasteiger partial charge on any atom is -0.496 e. The van der Waals surface area contributed by atoms with Crippen molar-refractivity contribution in [1.82, 2.24) is 5.32 Å². The van der Waals surface area contributed by atoms with Crippen LogP contribution in [-0.2, 0) is 11.2 Å². The molecule has 2 atom stereocenters. The van der Waals surface area contributed by atoms with E-state index in [2.05, 4.69) is 5.32 Å². The molecule has 0 aromatic heterocycles. The van der Waals surface area contributed by atoms with E-state index in [0.29, 0.717) is 17.9 Å². The standard InChI is InChI=1S/C15H21NO4/c1-4-5-16-14(15(17)18)11-8-12-10(6-9(2)20-12)7-13(11)19-3/h7-9,14,16H,4-6H2,1-3H3,(H,17,18). The van der Waals surface area contributed by atoms with Gasteiger partial charge < -0.3 is 19.9 Å². The summed E-state index contributed by atoms with van der Waals surface area (Å²) in [5.41, 5.74) is 1.68. The topological polar surface area (TPSA) is 67.8 Å². The summed E-state index contributed by atoms with van der Waals surface area (Å²) in [6.07, 6.45) is 1.81. The van der Waals surface area contributed by atoms with Crippen molar-refractivity contribution in [3.05, 3.63) is 23.3 Å². The third-order valence-corrected chi connectivity index (χ3v) is 3.40. The van der Waals surface area contributed by atoms with Crippen molar-refractivity contribution in [2.45, 2.75) is 38.8 Å². The number of hydrogen-bond donors (Lipinski definition) is 2. The molecule has 0 saturated heterocycles. The Morgan fingerprint density at radius 1 is 1.60 bits per heavy atom. The predicted octanol–water partition coefficient (Wildman–Crippen LogP) is 2.14. The van der Waals surface area contributed by atoms with Gasteiger partial charge in [-0.1, -0.05) is 6.92 Å². The molecule has 2 rings (SSSR count). The maximum absolute atomic E-state index is 11.5. The van der Waals surface area contributed by atoms with Gasteiger partial charge in [-0.15, -0.1) is 0 Å². The summed E-state index contributed by atoms with van der Waals surface area (Å²) in [6.45, 7) is 4.63. The van der Waals surface area contributed by atoms with Crippen LogP contribution in [0.5, 0.6) is 11.5 Å². The fraction of sp³-hybridized carbons (Fsp3) is 0.533. The van der Waals surface area contributed by atoms with Gasteiger partial charge in [0.1, 0.15) is 23.6 Å². The maximum atomic E-state index is 11.5. The first-order valence-corrected chi connectivity index (χ1v) is 6.90. The van der Waals surface area contributed by atoms with Crippen molar-refractivity contribution >= 4 is 5.97 Å². The Balaban J connectivity index is 2.38. The average molecular weight is 279 g/mol. The lowest BCUT2D eigenvalue weighted by Crippen LogP contribution is -2.29. The number of carbonyl (C=O) groups is 1. The molecule has 1 aliphatic rings. The molecular weight excluding hydrogens is 258 g/mol. The highest BCUT2D eigenvalue weighted by molar-refractivity contribution is 5.77. The molecule has 0 saturated carbocycles. The van der Waals surface area contributed by atoms with Crippen LogP contribution in [0.15, 0.2) is 12.1 Å². The number of carboxylic acid groups (broad SMARTS) is 1. The largest absolute Gasteiger partial charge is 0.496 e. The van der Waals surface area contributed by atoms with Crippen LogP contribution in [0.4, 0.5) is 0 Å². The molecule has 1 aliphatic heterocycles. The minimum atomic E-state index is -0.914. The fourth-order valence-corrected chi connectivity index (χ4v) is 2.48. The van der Waals surface area contributed by atoms with Crippen LogP contribution in [0.1, 0.15) is 37.4 Å². The normalized spacial score (nSPS) is 18.2. The van der Waals surface area contributed by atoms with Gasteiger partial charge in [0, 0.05) is 17.5 Å². The number of carboxylic acids is 1. The van der Waals surface area contributed by atoms with Crippen molar-refractivity contribution in [3.63, 3.8) is 0 Å². The first-order chi connectivity index (χ1) is 9.56. The highest BCUT2D eigenvalue weighted by Crippen LogP contribution is 2.37. The fourth-order valence-electron chi connectivity index (χ4n) is 2.48. The van der Waals surface area contributed by atoms with Crippen molar-refractivity contribution < 1.29 is 19.4 Å². The van der Waals surface area contributed by atoms with E-state index in [1.54, 1.807) is 13.2 Å². The van der Waals surface area contributed by atoms with Crippen LogP contribution >= 0.6 is 0 Å². The van der Waals surface area contributed by atoms with E-state index in [9.17, 15) is 9.90 Å². The zero-order chi connectivity index (χ0) is 14.7. The Morgan fingerprint density at radius 3 is 2.95 bits per heavy atom. The zero-order valence-corrected chi connectivity index (χ0v) is 12.1. The summed E-state index contributed by atoms with van der Waals surface area (Å²) >= 11 is 0. The number of aliphatic carboxylic acids is 1. The molecule has 5 heteroatoms. The van der Waals surface area contributed by atoms with E-state index in [0.717, 1.165) is 24.2 Å². The third-order valence-electron chi connectivity index (χ3n) is 3.40. The molecule has 2 N–H and O–H groups in total. The molecule has 1 aromatic carbocycles. The lowest BCUT2D eigenvalue weighted by atomic mass is 10.0. The van der Waals surface area contributed by atoms with E-state index < -0.39 is 12.0 Å². The van der Waals surface area contributed by atoms with E-state index in [1.807, 2.05) is 19.9 Å². The number of hydrogen-bond acceptors (Lipinski definition) is 4. The van der Waals surface area contributed by atoms with Gasteiger partial charge in [-0.3, -0.25) is 4.79 Å². The second-order valence-electron chi connectivity index (χ2n) is 5.06. The number of rotatable bonds is 6. The molecular formula is C15H21NO4. The second kappa shape index (κ2) is 6.13. The van der Waals surface area contributed by atoms with Crippen LogP contribution < -0.4 is 14.8 Å². The van der Waals surface area contributed by atoms with E-state index in [-0.39, 0.29) is 6.10 Å². The van der Waals surface area contributed by atoms with Crippen molar-refractivity contribution in [2.24, 2.45) is 0 Å². The summed E-state index contributed by atoms with van der Waals surface area (Å²) in [5, 5.41) is 12.4. The van der Waals surface area contributed by atoms with Crippen LogP contribution in [0, 0.1) is 0 Å². The molecule has 0 fully saturated rings. The Kier molecular flexibility index (Phi) is 4.49. The van der Waals surface area contributed by atoms with Gasteiger partial charge in [-0.2, -0.15) is 0 Å². The van der Waals surface area contributed by atoms with Crippen molar-refractivity contribution in [1.29, 1.82) is 0 Å². The van der Waals surface area contributed by atoms with Gasteiger partial charge in [-0.25, -0.2) is 0 Å². The van der Waals surface area contributed by atoms with Crippen LogP contribution in [-0.4, -0.2) is 30.8 Å². The van der Waals surface area contributed by atoms with Crippen LogP contribution in [0.3, 0.4) is 0 Å². The summed E-state index contributed by atoms with van der Waals surface area (Å²) in [6, 6.07) is 2.89. The highest BCUT2D eigenvalue weighted by Gasteiger charge is 2.27. The summed E-state index contributed by atoms with van der Waals surface area (Å²) in [4.78, 5) is 11.5. The molecule has 110 valence electrons. The number of fused-ring (bicyclic) bond motifs is 1. The van der Waals surface area contributed by atoms with E-state index in [1.165, 1.54) is 0 Å². The van der Waals surface area contributed by atoms with Crippen molar-refractivity contribution in [2.75, 3.05) is 13.7 Å². The molecule has 0 amide bonds. The van der Waals surface area contributed by atoms with Gasteiger partial charge >= 0.3 is 5.97 Å². The lowest BCUT2D eigenvalue weighted by Gasteiger charge is -2.18. The maximum Gasteiger partial charge on any atom is 0.325 e. The Hall–Kier alpha value is -1.75. The molecule has 5 nitrogen and oxygen atoms in total. The molecule has 0 bridgehead atoms. The third kappa shape index (κ3) is 2.88. The lowest BCUT2D eigenvalue weighted by molar-refractivity contribution is -0.139. The molecule has 0 radical (unpaired) electrons. The van der Waals surface area contributed by atoms with Gasteiger partial charge in [-0.05, 0) is 32.0 Å². The molecule has 1 heterocycles. The quantitative estimate of drug-likeness (QED) is 0.835. The number of benzene rings is 1. The summed E-state index contributed by atoms with van der Waals surface area (Å²) in [7, 11) is 1.56. The number of methoxy groups -OCH3 is 1. The summed E-state index contributed by atoms with van der Waals surface area (Å²) in [5.74, 6) is 0.443. The Morgan fingerprint density at radius 2 is 2.35 bits per heavy atom. The van der Waals surface area contributed by atoms with Gasteiger partial charge in [0.2, 0.25) is 0 Å². The molecule has 1 aromatic rings. The number of nitrogens with one attached hydrogen (secondary N) is 1. The first kappa shape index (κ1) is 14.7. The minimum absolute atomic E-state index is 0.122. The van der Waals surface area contributed by atoms with Gasteiger partial charge in [0.25, 0.3) is 0 Å². The predicted molar refractivity (Wildman–Crippen MR) is 75.5 cm³/mol. The Bertz CT molecular complexity index is 501. The summed E-state index contributed by atoms with van der Waals surface area (Å²) < 4.78 is 11.1. The molecule has 20 heavy (non-hydrogen) atoms. The monoisotopic (exact) mass is 279 g/mol. The van der Waals surface area contributed by atoms with E-state index in [4.69, 9.17) is 9.47 Å². The molecule has 2 unspecified atom stereocenters. The molecule has 0 aliphatic carbocycles.